The number of benzene rings is 1. The van der Waals surface area contributed by atoms with Gasteiger partial charge in [-0.05, 0) is 31.2 Å². The second kappa shape index (κ2) is 6.50. The van der Waals surface area contributed by atoms with Crippen molar-refractivity contribution in [2.24, 2.45) is 0 Å². The summed E-state index contributed by atoms with van der Waals surface area (Å²) in [6.07, 6.45) is -1.65. The van der Waals surface area contributed by atoms with Gasteiger partial charge in [0.05, 0.1) is 6.54 Å². The van der Waals surface area contributed by atoms with Crippen molar-refractivity contribution in [3.8, 4) is 0 Å². The molecule has 19 heavy (non-hydrogen) atoms. The van der Waals surface area contributed by atoms with Crippen molar-refractivity contribution in [3.63, 3.8) is 0 Å². The van der Waals surface area contributed by atoms with E-state index in [0.717, 1.165) is 0 Å². The molecule has 7 nitrogen and oxygen atoms in total. The van der Waals surface area contributed by atoms with Crippen LogP contribution in [0.2, 0.25) is 0 Å². The highest BCUT2D eigenvalue weighted by Crippen LogP contribution is 2.09. The van der Waals surface area contributed by atoms with Gasteiger partial charge in [0.25, 0.3) is 0 Å². The molecule has 0 aliphatic rings. The lowest BCUT2D eigenvalue weighted by Gasteiger charge is -2.09. The summed E-state index contributed by atoms with van der Waals surface area (Å²) in [4.78, 5) is 32.7. The first-order chi connectivity index (χ1) is 8.90. The molecule has 1 rings (SSSR count). The van der Waals surface area contributed by atoms with Crippen molar-refractivity contribution in [1.82, 2.24) is 5.32 Å². The van der Waals surface area contributed by atoms with E-state index in [4.69, 9.17) is 10.2 Å². The van der Waals surface area contributed by atoms with Gasteiger partial charge in [0.1, 0.15) is 0 Å². The van der Waals surface area contributed by atoms with E-state index < -0.39 is 24.6 Å². The van der Waals surface area contributed by atoms with Crippen LogP contribution in [0.25, 0.3) is 0 Å². The van der Waals surface area contributed by atoms with Crippen LogP contribution < -0.4 is 10.6 Å². The van der Waals surface area contributed by atoms with Crippen LogP contribution in [-0.4, -0.2) is 40.6 Å². The van der Waals surface area contributed by atoms with Crippen LogP contribution in [0.4, 0.5) is 10.5 Å². The number of anilines is 1. The van der Waals surface area contributed by atoms with Gasteiger partial charge in [-0.3, -0.25) is 4.79 Å². The summed E-state index contributed by atoms with van der Waals surface area (Å²) in [5.41, 5.74) is 0.972. The van der Waals surface area contributed by atoms with E-state index in [0.29, 0.717) is 11.3 Å². The molecule has 102 valence electrons. The third-order valence-corrected chi connectivity index (χ3v) is 2.29. The number of ketones is 1. The molecule has 1 atom stereocenters. The lowest BCUT2D eigenvalue weighted by molar-refractivity contribution is -0.146. The van der Waals surface area contributed by atoms with E-state index in [2.05, 4.69) is 10.6 Å². The fourth-order valence-corrected chi connectivity index (χ4v) is 1.24. The summed E-state index contributed by atoms with van der Waals surface area (Å²) < 4.78 is 0. The van der Waals surface area contributed by atoms with Crippen molar-refractivity contribution in [2.45, 2.75) is 13.0 Å². The molecule has 0 aliphatic heterocycles. The molecule has 0 spiro atoms. The van der Waals surface area contributed by atoms with E-state index in [1.165, 1.54) is 6.92 Å². The average molecular weight is 266 g/mol. The standard InChI is InChI=1S/C12H14N2O5/c1-7(15)8-2-4-9(5-3-8)14-12(19)13-6-10(16)11(17)18/h2-5,10,16H,6H2,1H3,(H,17,18)(H2,13,14,19). The summed E-state index contributed by atoms with van der Waals surface area (Å²) in [7, 11) is 0. The summed E-state index contributed by atoms with van der Waals surface area (Å²) >= 11 is 0. The molecule has 0 bridgehead atoms. The normalized spacial score (nSPS) is 11.5. The number of hydrogen-bond donors (Lipinski definition) is 4. The number of hydrogen-bond acceptors (Lipinski definition) is 4. The Hall–Kier alpha value is -2.41. The third-order valence-electron chi connectivity index (χ3n) is 2.29. The molecule has 1 aromatic rings. The van der Waals surface area contributed by atoms with E-state index >= 15 is 0 Å². The molecule has 4 N–H and O–H groups in total. The monoisotopic (exact) mass is 266 g/mol. The number of carbonyl (C=O) groups is 3. The van der Waals surface area contributed by atoms with Gasteiger partial charge in [-0.1, -0.05) is 0 Å². The maximum Gasteiger partial charge on any atom is 0.334 e. The van der Waals surface area contributed by atoms with E-state index in [-0.39, 0.29) is 5.78 Å². The first-order valence-electron chi connectivity index (χ1n) is 5.47. The van der Waals surface area contributed by atoms with Crippen LogP contribution in [0.5, 0.6) is 0 Å². The molecule has 0 aromatic heterocycles. The minimum absolute atomic E-state index is 0.0828. The summed E-state index contributed by atoms with van der Waals surface area (Å²) in [6.45, 7) is 1.04. The van der Waals surface area contributed by atoms with Crippen LogP contribution in [0.15, 0.2) is 24.3 Å². The smallest absolute Gasteiger partial charge is 0.334 e. The average Bonchev–Trinajstić information content (AvgIpc) is 2.36. The number of rotatable bonds is 5. The maximum absolute atomic E-state index is 11.4. The van der Waals surface area contributed by atoms with Crippen LogP contribution in [0.1, 0.15) is 17.3 Å². The molecule has 1 unspecified atom stereocenters. The van der Waals surface area contributed by atoms with Crippen molar-refractivity contribution in [1.29, 1.82) is 0 Å². The first kappa shape index (κ1) is 14.7. The molecule has 0 saturated heterocycles. The van der Waals surface area contributed by atoms with Crippen LogP contribution >= 0.6 is 0 Å². The highest BCUT2D eigenvalue weighted by molar-refractivity contribution is 5.95. The second-order valence-corrected chi connectivity index (χ2v) is 3.82. The molecule has 0 aliphatic carbocycles. The van der Waals surface area contributed by atoms with Gasteiger partial charge in [0.15, 0.2) is 11.9 Å². The Balaban J connectivity index is 2.48. The van der Waals surface area contributed by atoms with Gasteiger partial charge in [0.2, 0.25) is 0 Å². The van der Waals surface area contributed by atoms with Gasteiger partial charge >= 0.3 is 12.0 Å². The molecule has 0 heterocycles. The van der Waals surface area contributed by atoms with E-state index in [1.54, 1.807) is 24.3 Å². The summed E-state index contributed by atoms with van der Waals surface area (Å²) in [6, 6.07) is 5.57. The number of carboxylic acids is 1. The van der Waals surface area contributed by atoms with Gasteiger partial charge in [0, 0.05) is 11.3 Å². The quantitative estimate of drug-likeness (QED) is 0.578. The van der Waals surface area contributed by atoms with Gasteiger partial charge < -0.3 is 20.8 Å². The number of aliphatic hydroxyl groups excluding tert-OH is 1. The largest absolute Gasteiger partial charge is 0.479 e. The number of aliphatic hydroxyl groups is 1. The summed E-state index contributed by atoms with van der Waals surface area (Å²) in [5.74, 6) is -1.49. The number of carboxylic acid groups (broad SMARTS) is 1. The van der Waals surface area contributed by atoms with E-state index in [9.17, 15) is 14.4 Å². The predicted molar refractivity (Wildman–Crippen MR) is 67.1 cm³/mol. The molecular weight excluding hydrogens is 252 g/mol. The Morgan fingerprint density at radius 3 is 2.26 bits per heavy atom. The minimum Gasteiger partial charge on any atom is -0.479 e. The lowest BCUT2D eigenvalue weighted by atomic mass is 10.1. The van der Waals surface area contributed by atoms with Crippen molar-refractivity contribution in [2.75, 3.05) is 11.9 Å². The first-order valence-corrected chi connectivity index (χ1v) is 5.47. The Morgan fingerprint density at radius 2 is 1.79 bits per heavy atom. The highest BCUT2D eigenvalue weighted by Gasteiger charge is 2.13. The fraction of sp³-hybridized carbons (Fsp3) is 0.250. The molecule has 0 saturated carbocycles. The maximum atomic E-state index is 11.4. The zero-order valence-electron chi connectivity index (χ0n) is 10.2. The molecule has 7 heteroatoms. The SMILES string of the molecule is CC(=O)c1ccc(NC(=O)NCC(O)C(=O)O)cc1. The minimum atomic E-state index is -1.65. The number of carbonyl (C=O) groups excluding carboxylic acids is 2. The third kappa shape index (κ3) is 4.76. The molecule has 2 amide bonds. The molecular formula is C12H14N2O5. The predicted octanol–water partition coefficient (Wildman–Crippen LogP) is 0.456. The second-order valence-electron chi connectivity index (χ2n) is 3.82. The van der Waals surface area contributed by atoms with Gasteiger partial charge in [-0.2, -0.15) is 0 Å². The Morgan fingerprint density at radius 1 is 1.21 bits per heavy atom. The zero-order chi connectivity index (χ0) is 14.4. The number of amides is 2. The van der Waals surface area contributed by atoms with E-state index in [1.807, 2.05) is 0 Å². The van der Waals surface area contributed by atoms with Crippen LogP contribution in [0, 0.1) is 0 Å². The Kier molecular flexibility index (Phi) is 5.01. The highest BCUT2D eigenvalue weighted by atomic mass is 16.4. The summed E-state index contributed by atoms with van der Waals surface area (Å²) in [5, 5.41) is 22.0. The Bertz CT molecular complexity index is 483. The van der Waals surface area contributed by atoms with Crippen LogP contribution in [0.3, 0.4) is 0 Å². The van der Waals surface area contributed by atoms with Crippen molar-refractivity contribution < 1.29 is 24.6 Å². The molecule has 0 radical (unpaired) electrons. The fourth-order valence-electron chi connectivity index (χ4n) is 1.24. The Labute approximate surface area is 109 Å². The van der Waals surface area contributed by atoms with Crippen molar-refractivity contribution in [3.05, 3.63) is 29.8 Å². The number of aliphatic carboxylic acids is 1. The lowest BCUT2D eigenvalue weighted by Crippen LogP contribution is -2.38. The number of nitrogens with one attached hydrogen (secondary N) is 2. The molecule has 0 fully saturated rings. The number of urea groups is 1. The van der Waals surface area contributed by atoms with Crippen LogP contribution in [-0.2, 0) is 4.79 Å². The number of Topliss-reactive ketones (excluding diaryl/α,β-unsaturated/α-hetero) is 1. The molecule has 1 aromatic carbocycles. The van der Waals surface area contributed by atoms with Crippen molar-refractivity contribution >= 4 is 23.5 Å². The topological polar surface area (TPSA) is 116 Å². The van der Waals surface area contributed by atoms with Gasteiger partial charge in [-0.25, -0.2) is 9.59 Å². The van der Waals surface area contributed by atoms with Gasteiger partial charge in [-0.15, -0.1) is 0 Å². The zero-order valence-corrected chi connectivity index (χ0v) is 10.2.